The van der Waals surface area contributed by atoms with E-state index in [0.717, 1.165) is 22.8 Å². The van der Waals surface area contributed by atoms with E-state index < -0.39 is 42.8 Å². The Morgan fingerprint density at radius 1 is 0.839 bits per heavy atom. The van der Waals surface area contributed by atoms with E-state index in [4.69, 9.17) is 14.0 Å². The highest BCUT2D eigenvalue weighted by molar-refractivity contribution is 5.92. The highest BCUT2D eigenvalue weighted by Gasteiger charge is 2.34. The number of carboxylic acids is 1. The van der Waals surface area contributed by atoms with E-state index in [0.29, 0.717) is 22.8 Å². The summed E-state index contributed by atoms with van der Waals surface area (Å²) in [6, 6.07) is 30.7. The van der Waals surface area contributed by atoms with Gasteiger partial charge in [0.05, 0.1) is 32.7 Å². The number of alkyl halides is 3. The number of methoxy groups -OCH3 is 2. The summed E-state index contributed by atoms with van der Waals surface area (Å²) in [4.78, 5) is 30.5. The van der Waals surface area contributed by atoms with Crippen LogP contribution in [0.25, 0.3) is 34.0 Å². The number of aliphatic carboxylic acids is 1. The molecule has 0 aliphatic heterocycles. The van der Waals surface area contributed by atoms with Crippen molar-refractivity contribution < 1.29 is 47.0 Å². The first-order valence-corrected chi connectivity index (χ1v) is 17.3. The van der Waals surface area contributed by atoms with Gasteiger partial charge in [0.15, 0.2) is 0 Å². The molecule has 1 amide bonds. The Balaban J connectivity index is 1.13. The number of carboxylic acid groups (broad SMARTS) is 1. The van der Waals surface area contributed by atoms with Gasteiger partial charge in [0.1, 0.15) is 17.7 Å². The second kappa shape index (κ2) is 16.9. The first kappa shape index (κ1) is 39.2. The fourth-order valence-electron chi connectivity index (χ4n) is 6.08. The Morgan fingerprint density at radius 2 is 1.48 bits per heavy atom. The zero-order chi connectivity index (χ0) is 40.0. The van der Waals surface area contributed by atoms with Gasteiger partial charge in [-0.25, -0.2) is 0 Å². The third-order valence-corrected chi connectivity index (χ3v) is 8.99. The molecule has 5 aromatic carbocycles. The number of nitrogens with one attached hydrogen (secondary N) is 1. The van der Waals surface area contributed by atoms with Gasteiger partial charge < -0.3 is 29.5 Å². The predicted octanol–water partition coefficient (Wildman–Crippen LogP) is 8.17. The first-order chi connectivity index (χ1) is 26.8. The summed E-state index contributed by atoms with van der Waals surface area (Å²) in [5, 5.41) is 27.8. The van der Waals surface area contributed by atoms with Gasteiger partial charge in [0.2, 0.25) is 11.7 Å². The van der Waals surface area contributed by atoms with Crippen LogP contribution < -0.4 is 14.8 Å². The molecular formula is C42H37F3N4O7. The minimum Gasteiger partial charge on any atom is -0.497 e. The maximum Gasteiger partial charge on any atom is 0.416 e. The minimum atomic E-state index is -4.70. The van der Waals surface area contributed by atoms with Crippen molar-refractivity contribution in [2.24, 2.45) is 0 Å². The lowest BCUT2D eigenvalue weighted by Gasteiger charge is -2.28. The first-order valence-electron chi connectivity index (χ1n) is 17.3. The zero-order valence-electron chi connectivity index (χ0n) is 30.5. The Kier molecular flexibility index (Phi) is 11.8. The number of hydrogen-bond acceptors (Lipinski definition) is 9. The van der Waals surface area contributed by atoms with Gasteiger partial charge in [-0.05, 0) is 65.6 Å². The van der Waals surface area contributed by atoms with Gasteiger partial charge in [0, 0.05) is 35.0 Å². The number of amides is 1. The number of nitrogens with zero attached hydrogens (tertiary/aromatic N) is 3. The van der Waals surface area contributed by atoms with E-state index in [1.54, 1.807) is 24.3 Å². The topological polar surface area (TPSA) is 147 Å². The second-order valence-electron chi connectivity index (χ2n) is 12.9. The molecule has 0 saturated heterocycles. The Morgan fingerprint density at radius 3 is 2.11 bits per heavy atom. The molecule has 6 aromatic rings. The smallest absolute Gasteiger partial charge is 0.416 e. The van der Waals surface area contributed by atoms with Crippen molar-refractivity contribution in [3.8, 4) is 45.5 Å². The zero-order valence-corrected chi connectivity index (χ0v) is 30.5. The van der Waals surface area contributed by atoms with Gasteiger partial charge in [-0.1, -0.05) is 77.5 Å². The number of carbonyl (C=O) groups is 2. The van der Waals surface area contributed by atoms with Crippen molar-refractivity contribution in [2.75, 3.05) is 26.1 Å². The third-order valence-electron chi connectivity index (χ3n) is 8.99. The number of benzene rings is 5. The summed E-state index contributed by atoms with van der Waals surface area (Å²) in [5.74, 6) is -1.09. The van der Waals surface area contributed by atoms with Crippen LogP contribution in [0.1, 0.15) is 34.0 Å². The largest absolute Gasteiger partial charge is 0.497 e. The van der Waals surface area contributed by atoms with E-state index >= 15 is 0 Å². The highest BCUT2D eigenvalue weighted by Crippen LogP contribution is 2.36. The number of hydrogen-bond donors (Lipinski definition) is 3. The Hall–Kier alpha value is -6.51. The molecule has 11 nitrogen and oxygen atoms in total. The van der Waals surface area contributed by atoms with Crippen LogP contribution in [0, 0.1) is 6.92 Å². The summed E-state index contributed by atoms with van der Waals surface area (Å²) in [6.07, 6.45) is -6.74. The molecule has 1 atom stereocenters. The van der Waals surface area contributed by atoms with Crippen LogP contribution in [0.4, 0.5) is 18.9 Å². The average Bonchev–Trinajstić information content (AvgIpc) is 3.68. The van der Waals surface area contributed by atoms with Crippen molar-refractivity contribution in [2.45, 2.75) is 32.3 Å². The normalized spacial score (nSPS) is 12.0. The van der Waals surface area contributed by atoms with Crippen molar-refractivity contribution >= 4 is 17.6 Å². The fourth-order valence-corrected chi connectivity index (χ4v) is 6.08. The lowest BCUT2D eigenvalue weighted by Crippen LogP contribution is -2.33. The summed E-state index contributed by atoms with van der Waals surface area (Å²) < 4.78 is 56.9. The van der Waals surface area contributed by atoms with Gasteiger partial charge in [-0.2, -0.15) is 18.2 Å². The number of anilines is 1. The maximum absolute atomic E-state index is 13.7. The average molecular weight is 767 g/mol. The number of aliphatic hydroxyl groups excluding tert-OH is 1. The monoisotopic (exact) mass is 766 g/mol. The molecule has 0 saturated carbocycles. The van der Waals surface area contributed by atoms with E-state index in [1.165, 1.54) is 55.0 Å². The molecular weight excluding hydrogens is 729 g/mol. The molecule has 6 rings (SSSR count). The highest BCUT2D eigenvalue weighted by atomic mass is 19.4. The molecule has 1 heterocycles. The molecule has 0 spiro atoms. The number of rotatable bonds is 14. The minimum absolute atomic E-state index is 0.00377. The molecule has 3 N–H and O–H groups in total. The fraction of sp³-hybridized carbons (Fsp3) is 0.190. The Labute approximate surface area is 319 Å². The predicted molar refractivity (Wildman–Crippen MR) is 202 cm³/mol. The summed E-state index contributed by atoms with van der Waals surface area (Å²) in [7, 11) is 2.57. The van der Waals surface area contributed by atoms with E-state index in [9.17, 15) is 33.0 Å². The van der Waals surface area contributed by atoms with Crippen LogP contribution in [0.15, 0.2) is 114 Å². The summed E-state index contributed by atoms with van der Waals surface area (Å²) >= 11 is 0. The molecule has 14 heteroatoms. The van der Waals surface area contributed by atoms with Gasteiger partial charge in [-0.3, -0.25) is 14.5 Å². The lowest BCUT2D eigenvalue weighted by molar-refractivity contribution is -0.142. The molecule has 0 aliphatic carbocycles. The maximum atomic E-state index is 13.7. The quantitative estimate of drug-likeness (QED) is 0.0928. The van der Waals surface area contributed by atoms with Crippen LogP contribution in [0.2, 0.25) is 0 Å². The van der Waals surface area contributed by atoms with Crippen LogP contribution in [0.5, 0.6) is 11.5 Å². The van der Waals surface area contributed by atoms with Crippen molar-refractivity contribution in [3.05, 3.63) is 137 Å². The lowest BCUT2D eigenvalue weighted by atomic mass is 10.0. The summed E-state index contributed by atoms with van der Waals surface area (Å²) in [6.45, 7) is 1.52. The molecule has 0 radical (unpaired) electrons. The molecule has 1 aromatic heterocycles. The van der Waals surface area contributed by atoms with Crippen LogP contribution in [0.3, 0.4) is 0 Å². The molecule has 56 heavy (non-hydrogen) atoms. The van der Waals surface area contributed by atoms with Crippen LogP contribution >= 0.6 is 0 Å². The Bertz CT molecular complexity index is 2310. The molecule has 1 unspecified atom stereocenters. The second-order valence-corrected chi connectivity index (χ2v) is 12.9. The van der Waals surface area contributed by atoms with E-state index in [2.05, 4.69) is 39.7 Å². The van der Waals surface area contributed by atoms with Gasteiger partial charge in [0.25, 0.3) is 5.89 Å². The molecule has 0 aliphatic rings. The van der Waals surface area contributed by atoms with Gasteiger partial charge >= 0.3 is 12.1 Å². The summed E-state index contributed by atoms with van der Waals surface area (Å²) in [5.41, 5.74) is 4.58. The van der Waals surface area contributed by atoms with E-state index in [1.807, 2.05) is 31.2 Å². The van der Waals surface area contributed by atoms with Crippen molar-refractivity contribution in [3.63, 3.8) is 0 Å². The molecule has 0 fully saturated rings. The number of carbonyl (C=O) groups excluding carboxylic acids is 1. The van der Waals surface area contributed by atoms with E-state index in [-0.39, 0.29) is 34.9 Å². The number of halogens is 3. The number of ether oxygens (including phenoxy) is 2. The molecule has 288 valence electrons. The van der Waals surface area contributed by atoms with Crippen LogP contribution in [-0.4, -0.2) is 57.9 Å². The van der Waals surface area contributed by atoms with Crippen LogP contribution in [-0.2, 0) is 28.7 Å². The van der Waals surface area contributed by atoms with Gasteiger partial charge in [-0.15, -0.1) is 0 Å². The SMILES string of the molecule is COc1ccc(CC(=O)Nc2ccc(C(O)N(CC(=O)O)Cc3ccc(-c4noc(-c5ccc(-c6ccc(C)cc6)cc5)n4)cc3)c(OC)c2)c(C(F)(F)F)c1. The van der Waals surface area contributed by atoms with Crippen molar-refractivity contribution in [1.29, 1.82) is 0 Å². The number of aliphatic hydroxyl groups is 1. The van der Waals surface area contributed by atoms with Crippen molar-refractivity contribution in [1.82, 2.24) is 15.0 Å². The standard InChI is InChI=1S/C42H37F3N4O7/c1-25-4-8-27(9-5-25)28-12-14-30(15-13-28)40-47-39(48-56-40)29-10-6-26(7-11-29)23-49(24-38(51)52)41(53)34-19-17-32(21-36(34)55-3)46-37(50)20-31-16-18-33(54-2)22-35(31)42(43,44)45/h4-19,21-22,41,53H,20,23-24H2,1-3H3,(H,46,50)(H,51,52). The molecule has 0 bridgehead atoms. The third kappa shape index (κ3) is 9.40. The number of aryl methyl sites for hydroxylation is 1. The number of aromatic nitrogens is 2.